The summed E-state index contributed by atoms with van der Waals surface area (Å²) in [7, 11) is 0. The van der Waals surface area contributed by atoms with Crippen molar-refractivity contribution in [1.82, 2.24) is 10.3 Å². The second kappa shape index (κ2) is 6.81. The molecule has 0 spiro atoms. The SMILES string of the molecule is CCNCc1cc(C)nc(Oc2cc(Br)ccc2F)c1. The number of nitrogens with zero attached hydrogens (tertiary/aromatic N) is 1. The van der Waals surface area contributed by atoms with Gasteiger partial charge in [-0.25, -0.2) is 9.37 Å². The highest BCUT2D eigenvalue weighted by Gasteiger charge is 2.08. The minimum absolute atomic E-state index is 0.159. The van der Waals surface area contributed by atoms with Crippen LogP contribution in [0.3, 0.4) is 0 Å². The molecule has 0 aliphatic heterocycles. The number of benzene rings is 1. The van der Waals surface area contributed by atoms with Gasteiger partial charge in [-0.1, -0.05) is 22.9 Å². The van der Waals surface area contributed by atoms with E-state index < -0.39 is 5.82 Å². The van der Waals surface area contributed by atoms with Crippen LogP contribution in [0.25, 0.3) is 0 Å². The maximum Gasteiger partial charge on any atom is 0.219 e. The monoisotopic (exact) mass is 338 g/mol. The standard InChI is InChI=1S/C15H16BrFN2O/c1-3-18-9-11-6-10(2)19-15(7-11)20-14-8-12(16)4-5-13(14)17/h4-8,18H,3,9H2,1-2H3. The Balaban J connectivity index is 2.24. The van der Waals surface area contributed by atoms with Crippen LogP contribution in [0.4, 0.5) is 4.39 Å². The zero-order chi connectivity index (χ0) is 14.5. The molecule has 0 bridgehead atoms. The van der Waals surface area contributed by atoms with Gasteiger partial charge in [-0.2, -0.15) is 0 Å². The van der Waals surface area contributed by atoms with Crippen molar-refractivity contribution >= 4 is 15.9 Å². The highest BCUT2D eigenvalue weighted by atomic mass is 79.9. The van der Waals surface area contributed by atoms with Crippen molar-refractivity contribution < 1.29 is 9.13 Å². The Labute approximate surface area is 126 Å². The van der Waals surface area contributed by atoms with Gasteiger partial charge in [0.05, 0.1) is 0 Å². The molecular weight excluding hydrogens is 323 g/mol. The molecule has 20 heavy (non-hydrogen) atoms. The fourth-order valence-electron chi connectivity index (χ4n) is 1.80. The molecule has 2 rings (SSSR count). The molecule has 0 atom stereocenters. The van der Waals surface area contributed by atoms with Crippen LogP contribution in [0.2, 0.25) is 0 Å². The van der Waals surface area contributed by atoms with E-state index in [2.05, 4.69) is 26.2 Å². The fraction of sp³-hybridized carbons (Fsp3) is 0.267. The summed E-state index contributed by atoms with van der Waals surface area (Å²) in [5.74, 6) is 0.145. The third-order valence-electron chi connectivity index (χ3n) is 2.68. The van der Waals surface area contributed by atoms with Crippen molar-refractivity contribution in [2.24, 2.45) is 0 Å². The van der Waals surface area contributed by atoms with E-state index in [0.717, 1.165) is 28.8 Å². The second-order valence-electron chi connectivity index (χ2n) is 4.41. The van der Waals surface area contributed by atoms with Crippen molar-refractivity contribution in [3.8, 4) is 11.6 Å². The van der Waals surface area contributed by atoms with Gasteiger partial charge in [0.25, 0.3) is 0 Å². The minimum Gasteiger partial charge on any atom is -0.436 e. The van der Waals surface area contributed by atoms with Crippen molar-refractivity contribution in [2.45, 2.75) is 20.4 Å². The molecule has 0 aliphatic carbocycles. The lowest BCUT2D eigenvalue weighted by atomic mass is 10.2. The van der Waals surface area contributed by atoms with Crippen LogP contribution in [0.15, 0.2) is 34.8 Å². The van der Waals surface area contributed by atoms with E-state index in [1.165, 1.54) is 6.07 Å². The Morgan fingerprint density at radius 1 is 1.30 bits per heavy atom. The Morgan fingerprint density at radius 2 is 2.10 bits per heavy atom. The van der Waals surface area contributed by atoms with Crippen LogP contribution in [0.1, 0.15) is 18.2 Å². The first-order chi connectivity index (χ1) is 9.58. The van der Waals surface area contributed by atoms with Gasteiger partial charge in [-0.05, 0) is 43.3 Å². The lowest BCUT2D eigenvalue weighted by Gasteiger charge is -2.09. The lowest BCUT2D eigenvalue weighted by molar-refractivity contribution is 0.425. The minimum atomic E-state index is -0.412. The molecule has 1 N–H and O–H groups in total. The maximum absolute atomic E-state index is 13.7. The molecule has 1 aromatic heterocycles. The summed E-state index contributed by atoms with van der Waals surface area (Å²) in [6, 6.07) is 8.36. The fourth-order valence-corrected chi connectivity index (χ4v) is 2.14. The van der Waals surface area contributed by atoms with Crippen LogP contribution in [0, 0.1) is 12.7 Å². The zero-order valence-electron chi connectivity index (χ0n) is 11.4. The summed E-state index contributed by atoms with van der Waals surface area (Å²) in [5.41, 5.74) is 1.90. The maximum atomic E-state index is 13.7. The topological polar surface area (TPSA) is 34.2 Å². The van der Waals surface area contributed by atoms with Crippen LogP contribution < -0.4 is 10.1 Å². The van der Waals surface area contributed by atoms with Crippen LogP contribution in [0.5, 0.6) is 11.6 Å². The first-order valence-electron chi connectivity index (χ1n) is 6.39. The van der Waals surface area contributed by atoms with E-state index >= 15 is 0 Å². The van der Waals surface area contributed by atoms with Crippen molar-refractivity contribution in [1.29, 1.82) is 0 Å². The van der Waals surface area contributed by atoms with E-state index in [-0.39, 0.29) is 5.75 Å². The van der Waals surface area contributed by atoms with Gasteiger partial charge in [-0.15, -0.1) is 0 Å². The highest BCUT2D eigenvalue weighted by molar-refractivity contribution is 9.10. The average molecular weight is 339 g/mol. The Bertz CT molecular complexity index is 604. The smallest absolute Gasteiger partial charge is 0.219 e. The molecular formula is C15H16BrFN2O. The number of halogens is 2. The zero-order valence-corrected chi connectivity index (χ0v) is 13.0. The molecule has 3 nitrogen and oxygen atoms in total. The normalized spacial score (nSPS) is 10.6. The Kier molecular flexibility index (Phi) is 5.09. The van der Waals surface area contributed by atoms with Gasteiger partial charge in [0.15, 0.2) is 11.6 Å². The quantitative estimate of drug-likeness (QED) is 0.887. The van der Waals surface area contributed by atoms with Crippen molar-refractivity contribution in [3.63, 3.8) is 0 Å². The molecule has 0 radical (unpaired) electrons. The van der Waals surface area contributed by atoms with Crippen molar-refractivity contribution in [2.75, 3.05) is 6.54 Å². The van der Waals surface area contributed by atoms with Crippen molar-refractivity contribution in [3.05, 3.63) is 51.9 Å². The molecule has 0 saturated carbocycles. The second-order valence-corrected chi connectivity index (χ2v) is 5.33. The number of hydrogen-bond acceptors (Lipinski definition) is 3. The Hall–Kier alpha value is -1.46. The molecule has 1 aromatic carbocycles. The van der Waals surface area contributed by atoms with E-state index in [1.54, 1.807) is 12.1 Å². The first-order valence-corrected chi connectivity index (χ1v) is 7.19. The average Bonchev–Trinajstić information content (AvgIpc) is 2.40. The summed E-state index contributed by atoms with van der Waals surface area (Å²) in [6.45, 7) is 5.55. The Morgan fingerprint density at radius 3 is 2.85 bits per heavy atom. The number of aromatic nitrogens is 1. The third-order valence-corrected chi connectivity index (χ3v) is 3.17. The lowest BCUT2D eigenvalue weighted by Crippen LogP contribution is -2.12. The highest BCUT2D eigenvalue weighted by Crippen LogP contribution is 2.27. The van der Waals surface area contributed by atoms with Gasteiger partial charge in [-0.3, -0.25) is 0 Å². The first kappa shape index (κ1) is 14.9. The molecule has 5 heteroatoms. The molecule has 106 valence electrons. The van der Waals surface area contributed by atoms with E-state index in [4.69, 9.17) is 4.74 Å². The van der Waals surface area contributed by atoms with Gasteiger partial charge < -0.3 is 10.1 Å². The summed E-state index contributed by atoms with van der Waals surface area (Å²) in [4.78, 5) is 4.28. The van der Waals surface area contributed by atoms with Gasteiger partial charge >= 0.3 is 0 Å². The van der Waals surface area contributed by atoms with Crippen LogP contribution in [-0.2, 0) is 6.54 Å². The predicted molar refractivity (Wildman–Crippen MR) is 80.5 cm³/mol. The third kappa shape index (κ3) is 4.02. The van der Waals surface area contributed by atoms with Crippen LogP contribution >= 0.6 is 15.9 Å². The van der Waals surface area contributed by atoms with Crippen LogP contribution in [-0.4, -0.2) is 11.5 Å². The molecule has 0 fully saturated rings. The van der Waals surface area contributed by atoms with E-state index in [1.807, 2.05) is 26.0 Å². The van der Waals surface area contributed by atoms with Gasteiger partial charge in [0, 0.05) is 22.8 Å². The molecule has 1 heterocycles. The molecule has 0 saturated heterocycles. The van der Waals surface area contributed by atoms with E-state index in [0.29, 0.717) is 5.88 Å². The number of hydrogen-bond donors (Lipinski definition) is 1. The summed E-state index contributed by atoms with van der Waals surface area (Å²) < 4.78 is 20.0. The number of ether oxygens (including phenoxy) is 1. The van der Waals surface area contributed by atoms with Gasteiger partial charge in [0.1, 0.15) is 0 Å². The molecule has 0 amide bonds. The number of rotatable bonds is 5. The summed E-state index contributed by atoms with van der Waals surface area (Å²) >= 11 is 3.30. The molecule has 2 aromatic rings. The summed E-state index contributed by atoms with van der Waals surface area (Å²) in [6.07, 6.45) is 0. The molecule has 0 unspecified atom stereocenters. The number of aryl methyl sites for hydroxylation is 1. The van der Waals surface area contributed by atoms with E-state index in [9.17, 15) is 4.39 Å². The summed E-state index contributed by atoms with van der Waals surface area (Å²) in [5, 5.41) is 3.24. The number of pyridine rings is 1. The predicted octanol–water partition coefficient (Wildman–Crippen LogP) is 4.19. The number of nitrogens with one attached hydrogen (secondary N) is 1. The van der Waals surface area contributed by atoms with Gasteiger partial charge in [0.2, 0.25) is 5.88 Å². The molecule has 0 aliphatic rings. The largest absolute Gasteiger partial charge is 0.436 e.